The van der Waals surface area contributed by atoms with Crippen molar-refractivity contribution in [1.29, 1.82) is 0 Å². The van der Waals surface area contributed by atoms with Gasteiger partial charge in [-0.3, -0.25) is 0 Å². The van der Waals surface area contributed by atoms with E-state index in [1.807, 2.05) is 34.0 Å². The molecule has 1 saturated carbocycles. The number of fused-ring (bicyclic) bond motifs is 1. The monoisotopic (exact) mass is 232 g/mol. The summed E-state index contributed by atoms with van der Waals surface area (Å²) in [6, 6.07) is 7.17. The highest BCUT2D eigenvalue weighted by Gasteiger charge is 2.24. The lowest BCUT2D eigenvalue weighted by atomic mass is 10.2. The molecule has 94 valence electrons. The highest BCUT2D eigenvalue weighted by molar-refractivity contribution is 5.76. The van der Waals surface area contributed by atoms with Gasteiger partial charge in [0, 0.05) is 6.04 Å². The fraction of sp³-hybridized carbons (Fsp3) is 0.533. The van der Waals surface area contributed by atoms with E-state index < -0.39 is 0 Å². The van der Waals surface area contributed by atoms with Crippen LogP contribution in [0, 0.1) is 6.92 Å². The Kier molecular flexibility index (Phi) is 5.20. The molecule has 0 N–H and O–H groups in total. The smallest absolute Gasteiger partial charge is 0.0960 e. The SMILES string of the molecule is CC.CC.Cc1ccc2ncn(C3CC3)c2c1. The van der Waals surface area contributed by atoms with Crippen LogP contribution < -0.4 is 0 Å². The molecular formula is C15H24N2. The van der Waals surface area contributed by atoms with Gasteiger partial charge in [-0.1, -0.05) is 33.8 Å². The first-order chi connectivity index (χ1) is 8.34. The van der Waals surface area contributed by atoms with Crippen LogP contribution in [0.25, 0.3) is 11.0 Å². The van der Waals surface area contributed by atoms with Crippen LogP contribution in [0.1, 0.15) is 52.1 Å². The lowest BCUT2D eigenvalue weighted by molar-refractivity contribution is 0.765. The van der Waals surface area contributed by atoms with Crippen molar-refractivity contribution in [2.75, 3.05) is 0 Å². The van der Waals surface area contributed by atoms with E-state index in [1.54, 1.807) is 0 Å². The van der Waals surface area contributed by atoms with E-state index in [0.29, 0.717) is 0 Å². The van der Waals surface area contributed by atoms with Crippen LogP contribution in [0.5, 0.6) is 0 Å². The zero-order chi connectivity index (χ0) is 12.8. The molecule has 1 fully saturated rings. The number of rotatable bonds is 1. The van der Waals surface area contributed by atoms with Crippen LogP contribution in [0.15, 0.2) is 24.5 Å². The Bertz CT molecular complexity index is 453. The summed E-state index contributed by atoms with van der Waals surface area (Å²) in [5, 5.41) is 0. The Labute approximate surface area is 105 Å². The number of aryl methyl sites for hydroxylation is 1. The maximum atomic E-state index is 4.38. The Morgan fingerprint density at radius 3 is 2.35 bits per heavy atom. The summed E-state index contributed by atoms with van der Waals surface area (Å²) in [6.45, 7) is 10.1. The second kappa shape index (κ2) is 6.43. The largest absolute Gasteiger partial charge is 0.327 e. The Balaban J connectivity index is 0.000000330. The van der Waals surface area contributed by atoms with E-state index in [0.717, 1.165) is 11.6 Å². The van der Waals surface area contributed by atoms with Crippen molar-refractivity contribution >= 4 is 11.0 Å². The minimum atomic E-state index is 0.729. The van der Waals surface area contributed by atoms with Gasteiger partial charge in [0.1, 0.15) is 0 Å². The lowest BCUT2D eigenvalue weighted by Gasteiger charge is -2.00. The molecule has 2 heteroatoms. The predicted octanol–water partition coefficient (Wildman–Crippen LogP) is 4.73. The molecular weight excluding hydrogens is 208 g/mol. The van der Waals surface area contributed by atoms with Gasteiger partial charge in [-0.2, -0.15) is 0 Å². The molecule has 1 heterocycles. The topological polar surface area (TPSA) is 17.8 Å². The van der Waals surface area contributed by atoms with Crippen LogP contribution in [0.4, 0.5) is 0 Å². The second-order valence-electron chi connectivity index (χ2n) is 3.88. The molecule has 0 bridgehead atoms. The van der Waals surface area contributed by atoms with E-state index in [9.17, 15) is 0 Å². The number of hydrogen-bond donors (Lipinski definition) is 0. The third-order valence-corrected chi connectivity index (χ3v) is 2.67. The average Bonchev–Trinajstić information content (AvgIpc) is 3.15. The van der Waals surface area contributed by atoms with Crippen molar-refractivity contribution in [3.8, 4) is 0 Å². The number of hydrogen-bond acceptors (Lipinski definition) is 1. The molecule has 17 heavy (non-hydrogen) atoms. The number of aromatic nitrogens is 2. The highest BCUT2D eigenvalue weighted by Crippen LogP contribution is 2.37. The molecule has 0 saturated heterocycles. The Morgan fingerprint density at radius 1 is 1.12 bits per heavy atom. The van der Waals surface area contributed by atoms with Crippen LogP contribution in [-0.2, 0) is 0 Å². The number of benzene rings is 1. The van der Waals surface area contributed by atoms with E-state index >= 15 is 0 Å². The van der Waals surface area contributed by atoms with E-state index in [-0.39, 0.29) is 0 Å². The summed E-state index contributed by atoms with van der Waals surface area (Å²) >= 11 is 0. The maximum Gasteiger partial charge on any atom is 0.0960 e. The molecule has 0 aliphatic heterocycles. The molecule has 1 aromatic carbocycles. The van der Waals surface area contributed by atoms with Gasteiger partial charge in [0.25, 0.3) is 0 Å². The molecule has 3 rings (SSSR count). The summed E-state index contributed by atoms with van der Waals surface area (Å²) in [5.41, 5.74) is 3.73. The zero-order valence-corrected chi connectivity index (χ0v) is 11.7. The first-order valence-corrected chi connectivity index (χ1v) is 6.78. The summed E-state index contributed by atoms with van der Waals surface area (Å²) in [4.78, 5) is 4.38. The van der Waals surface area contributed by atoms with Crippen molar-refractivity contribution < 1.29 is 0 Å². The van der Waals surface area contributed by atoms with Crippen LogP contribution in [-0.4, -0.2) is 9.55 Å². The number of nitrogens with zero attached hydrogens (tertiary/aromatic N) is 2. The van der Waals surface area contributed by atoms with Gasteiger partial charge in [-0.05, 0) is 37.5 Å². The van der Waals surface area contributed by atoms with Gasteiger partial charge in [-0.15, -0.1) is 0 Å². The fourth-order valence-corrected chi connectivity index (χ4v) is 1.78. The van der Waals surface area contributed by atoms with Crippen LogP contribution in [0.2, 0.25) is 0 Å². The summed E-state index contributed by atoms with van der Waals surface area (Å²) in [5.74, 6) is 0. The van der Waals surface area contributed by atoms with E-state index in [1.165, 1.54) is 23.9 Å². The molecule has 0 amide bonds. The standard InChI is InChI=1S/C11H12N2.2C2H6/c1-8-2-5-10-11(6-8)13(7-12-10)9-3-4-9;2*1-2/h2,5-7,9H,3-4H2,1H3;2*1-2H3. The minimum absolute atomic E-state index is 0.729. The summed E-state index contributed by atoms with van der Waals surface area (Å²) in [7, 11) is 0. The van der Waals surface area contributed by atoms with Crippen LogP contribution in [0.3, 0.4) is 0 Å². The third-order valence-electron chi connectivity index (χ3n) is 2.67. The first kappa shape index (κ1) is 13.8. The molecule has 2 aromatic rings. The molecule has 2 nitrogen and oxygen atoms in total. The van der Waals surface area contributed by atoms with Gasteiger partial charge in [0.2, 0.25) is 0 Å². The van der Waals surface area contributed by atoms with Crippen molar-refractivity contribution in [2.24, 2.45) is 0 Å². The predicted molar refractivity (Wildman–Crippen MR) is 75.4 cm³/mol. The van der Waals surface area contributed by atoms with Gasteiger partial charge in [0.15, 0.2) is 0 Å². The first-order valence-electron chi connectivity index (χ1n) is 6.78. The lowest BCUT2D eigenvalue weighted by Crippen LogP contribution is -1.90. The average molecular weight is 232 g/mol. The summed E-state index contributed by atoms with van der Waals surface area (Å²) in [6.07, 6.45) is 4.61. The van der Waals surface area contributed by atoms with Crippen LogP contribution >= 0.6 is 0 Å². The minimum Gasteiger partial charge on any atom is -0.327 e. The van der Waals surface area contributed by atoms with E-state index in [4.69, 9.17) is 0 Å². The van der Waals surface area contributed by atoms with Crippen molar-refractivity contribution in [3.05, 3.63) is 30.1 Å². The molecule has 0 spiro atoms. The quantitative estimate of drug-likeness (QED) is 0.695. The number of imidazole rings is 1. The third kappa shape index (κ3) is 3.09. The maximum absolute atomic E-state index is 4.38. The Hall–Kier alpha value is -1.31. The van der Waals surface area contributed by atoms with Gasteiger partial charge in [-0.25, -0.2) is 4.98 Å². The molecule has 0 radical (unpaired) electrons. The normalized spacial score (nSPS) is 13.5. The fourth-order valence-electron chi connectivity index (χ4n) is 1.78. The van der Waals surface area contributed by atoms with Crippen molar-refractivity contribution in [1.82, 2.24) is 9.55 Å². The molecule has 1 aliphatic rings. The van der Waals surface area contributed by atoms with Crippen molar-refractivity contribution in [3.63, 3.8) is 0 Å². The molecule has 0 unspecified atom stereocenters. The van der Waals surface area contributed by atoms with Gasteiger partial charge in [0.05, 0.1) is 17.4 Å². The molecule has 1 aromatic heterocycles. The molecule has 1 aliphatic carbocycles. The highest BCUT2D eigenvalue weighted by atomic mass is 15.1. The van der Waals surface area contributed by atoms with E-state index in [2.05, 4.69) is 34.7 Å². The second-order valence-corrected chi connectivity index (χ2v) is 3.88. The zero-order valence-electron chi connectivity index (χ0n) is 11.7. The Morgan fingerprint density at radius 2 is 1.76 bits per heavy atom. The summed E-state index contributed by atoms with van der Waals surface area (Å²) < 4.78 is 2.31. The van der Waals surface area contributed by atoms with Gasteiger partial charge < -0.3 is 4.57 Å². The van der Waals surface area contributed by atoms with Gasteiger partial charge >= 0.3 is 0 Å². The van der Waals surface area contributed by atoms with Crippen molar-refractivity contribution in [2.45, 2.75) is 53.5 Å². The molecule has 0 atom stereocenters.